The highest BCUT2D eigenvalue weighted by Gasteiger charge is 1.99. The molecule has 0 heterocycles. The van der Waals surface area contributed by atoms with E-state index in [0.717, 1.165) is 0 Å². The van der Waals surface area contributed by atoms with Crippen molar-refractivity contribution in [2.24, 2.45) is 0 Å². The third kappa shape index (κ3) is 1.30. The van der Waals surface area contributed by atoms with E-state index in [9.17, 15) is 0 Å². The summed E-state index contributed by atoms with van der Waals surface area (Å²) in [5, 5.41) is 5.21. The first kappa shape index (κ1) is 8.49. The molecule has 0 nitrogen and oxygen atoms in total. The third-order valence-corrected chi connectivity index (χ3v) is 2.84. The van der Waals surface area contributed by atoms with Gasteiger partial charge in [-0.1, -0.05) is 48.0 Å². The maximum atomic E-state index is 3.11. The van der Waals surface area contributed by atoms with Gasteiger partial charge < -0.3 is 0 Å². The molecule has 0 fully saturated rings. The predicted octanol–water partition coefficient (Wildman–Crippen LogP) is 4.10. The lowest BCUT2D eigenvalue weighted by atomic mass is 10.0. The molecule has 0 aliphatic carbocycles. The molecule has 0 saturated heterocycles. The fraction of sp³-hybridized carbons (Fsp3) is 0.0667. The van der Waals surface area contributed by atoms with Crippen LogP contribution in [0.2, 0.25) is 0 Å². The molecule has 0 heteroatoms. The number of hydrogen-bond acceptors (Lipinski definition) is 0. The number of hydrogen-bond donors (Lipinski definition) is 0. The Kier molecular flexibility index (Phi) is 1.75. The molecular formula is C15H11. The van der Waals surface area contributed by atoms with Gasteiger partial charge in [-0.05, 0) is 40.6 Å². The zero-order chi connectivity index (χ0) is 10.3. The van der Waals surface area contributed by atoms with Crippen LogP contribution in [0.15, 0.2) is 48.5 Å². The van der Waals surface area contributed by atoms with Gasteiger partial charge in [-0.3, -0.25) is 0 Å². The SMILES string of the molecule is Cc1ccc2ccc3c[c]ccc3c2c1. The molecule has 3 rings (SSSR count). The van der Waals surface area contributed by atoms with E-state index >= 15 is 0 Å². The molecule has 0 spiro atoms. The molecule has 3 aromatic rings. The van der Waals surface area contributed by atoms with Crippen LogP contribution in [0.5, 0.6) is 0 Å². The largest absolute Gasteiger partial charge is 0.0587 e. The van der Waals surface area contributed by atoms with E-state index in [1.165, 1.54) is 27.1 Å². The van der Waals surface area contributed by atoms with E-state index in [-0.39, 0.29) is 0 Å². The van der Waals surface area contributed by atoms with E-state index in [0.29, 0.717) is 0 Å². The highest BCUT2D eigenvalue weighted by molar-refractivity contribution is 6.07. The highest BCUT2D eigenvalue weighted by Crippen LogP contribution is 2.25. The van der Waals surface area contributed by atoms with Gasteiger partial charge in [0.15, 0.2) is 0 Å². The molecule has 71 valence electrons. The molecule has 0 bridgehead atoms. The van der Waals surface area contributed by atoms with Gasteiger partial charge in [0.05, 0.1) is 0 Å². The summed E-state index contributed by atoms with van der Waals surface area (Å²) in [7, 11) is 0. The Morgan fingerprint density at radius 3 is 2.60 bits per heavy atom. The third-order valence-electron chi connectivity index (χ3n) is 2.84. The lowest BCUT2D eigenvalue weighted by Gasteiger charge is -2.04. The molecule has 15 heavy (non-hydrogen) atoms. The second-order valence-corrected chi connectivity index (χ2v) is 3.94. The van der Waals surface area contributed by atoms with Crippen molar-refractivity contribution in [1.82, 2.24) is 0 Å². The Morgan fingerprint density at radius 2 is 1.67 bits per heavy atom. The highest BCUT2D eigenvalue weighted by atomic mass is 14.0. The van der Waals surface area contributed by atoms with Crippen molar-refractivity contribution in [3.63, 3.8) is 0 Å². The monoisotopic (exact) mass is 191 g/mol. The van der Waals surface area contributed by atoms with Crippen LogP contribution < -0.4 is 0 Å². The summed E-state index contributed by atoms with van der Waals surface area (Å²) in [5.41, 5.74) is 1.31. The summed E-state index contributed by atoms with van der Waals surface area (Å²) >= 11 is 0. The van der Waals surface area contributed by atoms with Crippen molar-refractivity contribution < 1.29 is 0 Å². The van der Waals surface area contributed by atoms with Gasteiger partial charge in [0.1, 0.15) is 0 Å². The van der Waals surface area contributed by atoms with Gasteiger partial charge in [-0.25, -0.2) is 0 Å². The van der Waals surface area contributed by atoms with Crippen LogP contribution >= 0.6 is 0 Å². The maximum absolute atomic E-state index is 3.11. The van der Waals surface area contributed by atoms with Gasteiger partial charge in [0.2, 0.25) is 0 Å². The molecule has 0 saturated carbocycles. The number of aryl methyl sites for hydroxylation is 1. The summed E-state index contributed by atoms with van der Waals surface area (Å²) in [6.07, 6.45) is 0. The topological polar surface area (TPSA) is 0 Å². The van der Waals surface area contributed by atoms with E-state index < -0.39 is 0 Å². The Balaban J connectivity index is 2.57. The average molecular weight is 191 g/mol. The summed E-state index contributed by atoms with van der Waals surface area (Å²) in [6.45, 7) is 2.13. The minimum atomic E-state index is 1.26. The van der Waals surface area contributed by atoms with Gasteiger partial charge in [-0.15, -0.1) is 0 Å². The molecular weight excluding hydrogens is 180 g/mol. The van der Waals surface area contributed by atoms with Crippen molar-refractivity contribution in [1.29, 1.82) is 0 Å². The van der Waals surface area contributed by atoms with Crippen molar-refractivity contribution in [3.8, 4) is 0 Å². The first-order chi connectivity index (χ1) is 7.34. The van der Waals surface area contributed by atoms with Crippen molar-refractivity contribution in [2.75, 3.05) is 0 Å². The second kappa shape index (κ2) is 3.09. The minimum absolute atomic E-state index is 1.26. The first-order valence-corrected chi connectivity index (χ1v) is 5.14. The number of rotatable bonds is 0. The molecule has 0 aliphatic rings. The predicted molar refractivity (Wildman–Crippen MR) is 65.0 cm³/mol. The van der Waals surface area contributed by atoms with E-state index in [1.807, 2.05) is 12.1 Å². The van der Waals surface area contributed by atoms with Crippen molar-refractivity contribution in [2.45, 2.75) is 6.92 Å². The van der Waals surface area contributed by atoms with Crippen LogP contribution in [0.25, 0.3) is 21.5 Å². The number of benzene rings is 3. The van der Waals surface area contributed by atoms with Crippen LogP contribution in [0.1, 0.15) is 5.56 Å². The van der Waals surface area contributed by atoms with Gasteiger partial charge in [0, 0.05) is 0 Å². The zero-order valence-corrected chi connectivity index (χ0v) is 8.62. The summed E-state index contributed by atoms with van der Waals surface area (Å²) < 4.78 is 0. The summed E-state index contributed by atoms with van der Waals surface area (Å²) in [6, 6.07) is 20.2. The minimum Gasteiger partial charge on any atom is -0.0587 e. The Labute approximate surface area is 89.2 Å². The van der Waals surface area contributed by atoms with Gasteiger partial charge in [0.25, 0.3) is 0 Å². The summed E-state index contributed by atoms with van der Waals surface area (Å²) in [5.74, 6) is 0. The maximum Gasteiger partial charge on any atom is -0.0103 e. The lowest BCUT2D eigenvalue weighted by molar-refractivity contribution is 1.51. The van der Waals surface area contributed by atoms with Crippen molar-refractivity contribution >= 4 is 21.5 Å². The Morgan fingerprint density at radius 1 is 0.867 bits per heavy atom. The fourth-order valence-electron chi connectivity index (χ4n) is 2.05. The second-order valence-electron chi connectivity index (χ2n) is 3.94. The molecule has 0 unspecified atom stereocenters. The van der Waals surface area contributed by atoms with E-state index in [1.54, 1.807) is 0 Å². The molecule has 1 radical (unpaired) electrons. The Bertz CT molecular complexity index is 636. The van der Waals surface area contributed by atoms with Crippen LogP contribution in [-0.2, 0) is 0 Å². The lowest BCUT2D eigenvalue weighted by Crippen LogP contribution is -1.78. The quantitative estimate of drug-likeness (QED) is 0.469. The van der Waals surface area contributed by atoms with Gasteiger partial charge >= 0.3 is 0 Å². The molecule has 0 N–H and O–H groups in total. The Hall–Kier alpha value is -1.82. The standard InChI is InChI=1S/C15H11/c1-11-6-7-13-9-8-12-4-2-3-5-14(12)15(13)10-11/h3-10H,1H3. The zero-order valence-electron chi connectivity index (χ0n) is 8.62. The van der Waals surface area contributed by atoms with Crippen LogP contribution in [0.3, 0.4) is 0 Å². The molecule has 0 aromatic heterocycles. The van der Waals surface area contributed by atoms with E-state index in [2.05, 4.69) is 49.4 Å². The average Bonchev–Trinajstić information content (AvgIpc) is 2.29. The van der Waals surface area contributed by atoms with Crippen LogP contribution in [0, 0.1) is 13.0 Å². The molecule has 0 aliphatic heterocycles. The fourth-order valence-corrected chi connectivity index (χ4v) is 2.05. The molecule has 3 aromatic carbocycles. The van der Waals surface area contributed by atoms with Crippen LogP contribution in [-0.4, -0.2) is 0 Å². The molecule has 0 amide bonds. The number of fused-ring (bicyclic) bond motifs is 3. The first-order valence-electron chi connectivity index (χ1n) is 5.14. The smallest absolute Gasteiger partial charge is 0.0103 e. The van der Waals surface area contributed by atoms with E-state index in [4.69, 9.17) is 0 Å². The van der Waals surface area contributed by atoms with Crippen LogP contribution in [0.4, 0.5) is 0 Å². The summed E-state index contributed by atoms with van der Waals surface area (Å²) in [4.78, 5) is 0. The molecule has 0 atom stereocenters. The van der Waals surface area contributed by atoms with Gasteiger partial charge in [-0.2, -0.15) is 0 Å². The normalized spacial score (nSPS) is 11.0. The van der Waals surface area contributed by atoms with Crippen molar-refractivity contribution in [3.05, 3.63) is 60.2 Å².